The van der Waals surface area contributed by atoms with Crippen molar-refractivity contribution in [2.24, 2.45) is 0 Å². The SMILES string of the molecule is CCOC(=O)Cn1c(SC)nc2c([nH]c3ccccc32)c1=O. The lowest BCUT2D eigenvalue weighted by Crippen LogP contribution is -2.27. The van der Waals surface area contributed by atoms with E-state index in [-0.39, 0.29) is 18.7 Å². The summed E-state index contributed by atoms with van der Waals surface area (Å²) >= 11 is 1.33. The van der Waals surface area contributed by atoms with E-state index in [1.165, 1.54) is 16.3 Å². The molecule has 0 fully saturated rings. The maximum atomic E-state index is 12.7. The number of ether oxygens (including phenoxy) is 1. The van der Waals surface area contributed by atoms with Crippen LogP contribution in [0.1, 0.15) is 6.92 Å². The maximum Gasteiger partial charge on any atom is 0.326 e. The molecule has 0 aliphatic rings. The zero-order chi connectivity index (χ0) is 15.7. The molecule has 7 heteroatoms. The first kappa shape index (κ1) is 14.6. The first-order valence-corrected chi connectivity index (χ1v) is 8.09. The van der Waals surface area contributed by atoms with Crippen molar-refractivity contribution in [1.29, 1.82) is 0 Å². The van der Waals surface area contributed by atoms with Gasteiger partial charge in [0, 0.05) is 10.9 Å². The minimum absolute atomic E-state index is 0.138. The Morgan fingerprint density at radius 1 is 1.41 bits per heavy atom. The van der Waals surface area contributed by atoms with E-state index in [0.717, 1.165) is 10.9 Å². The number of hydrogen-bond donors (Lipinski definition) is 1. The standard InChI is InChI=1S/C15H15N3O3S/c1-3-21-11(19)8-18-14(20)13-12(17-15(18)22-2)9-6-4-5-7-10(9)16-13/h4-7,16H,3,8H2,1-2H3. The average Bonchev–Trinajstić information content (AvgIpc) is 2.89. The lowest BCUT2D eigenvalue weighted by molar-refractivity contribution is -0.144. The van der Waals surface area contributed by atoms with Crippen LogP contribution in [0, 0.1) is 0 Å². The van der Waals surface area contributed by atoms with Crippen LogP contribution < -0.4 is 5.56 Å². The second-order valence-corrected chi connectivity index (χ2v) is 5.46. The Morgan fingerprint density at radius 3 is 2.91 bits per heavy atom. The predicted octanol–water partition coefficient (Wildman–Crippen LogP) is 2.16. The smallest absolute Gasteiger partial charge is 0.326 e. The number of benzene rings is 1. The summed E-state index contributed by atoms with van der Waals surface area (Å²) in [6.07, 6.45) is 1.82. The summed E-state index contributed by atoms with van der Waals surface area (Å²) in [5.74, 6) is -0.447. The van der Waals surface area contributed by atoms with E-state index in [1.807, 2.05) is 30.5 Å². The van der Waals surface area contributed by atoms with Crippen molar-refractivity contribution >= 4 is 39.7 Å². The molecule has 0 spiro atoms. The maximum absolute atomic E-state index is 12.7. The van der Waals surface area contributed by atoms with Crippen LogP contribution in [0.4, 0.5) is 0 Å². The second-order valence-electron chi connectivity index (χ2n) is 4.69. The van der Waals surface area contributed by atoms with E-state index in [1.54, 1.807) is 6.92 Å². The van der Waals surface area contributed by atoms with Crippen LogP contribution in [-0.4, -0.2) is 33.4 Å². The summed E-state index contributed by atoms with van der Waals surface area (Å²) in [6, 6.07) is 7.61. The molecule has 0 aliphatic heterocycles. The van der Waals surface area contributed by atoms with Gasteiger partial charge in [0.05, 0.1) is 6.61 Å². The van der Waals surface area contributed by atoms with Gasteiger partial charge in [0.1, 0.15) is 17.6 Å². The second kappa shape index (κ2) is 5.84. The Labute approximate surface area is 130 Å². The number of nitrogens with zero attached hydrogens (tertiary/aromatic N) is 2. The first-order chi connectivity index (χ1) is 10.7. The van der Waals surface area contributed by atoms with E-state index in [0.29, 0.717) is 16.2 Å². The van der Waals surface area contributed by atoms with Gasteiger partial charge in [-0.25, -0.2) is 4.98 Å². The highest BCUT2D eigenvalue weighted by molar-refractivity contribution is 7.98. The predicted molar refractivity (Wildman–Crippen MR) is 86.3 cm³/mol. The quantitative estimate of drug-likeness (QED) is 0.453. The molecule has 0 aliphatic carbocycles. The topological polar surface area (TPSA) is 77.0 Å². The number of carbonyl (C=O) groups is 1. The van der Waals surface area contributed by atoms with E-state index in [2.05, 4.69) is 9.97 Å². The summed E-state index contributed by atoms with van der Waals surface area (Å²) in [6.45, 7) is 1.88. The van der Waals surface area contributed by atoms with Crippen LogP contribution in [0.2, 0.25) is 0 Å². The molecular weight excluding hydrogens is 302 g/mol. The molecule has 3 aromatic rings. The van der Waals surface area contributed by atoms with Gasteiger partial charge >= 0.3 is 5.97 Å². The Morgan fingerprint density at radius 2 is 2.18 bits per heavy atom. The number of H-pyrrole nitrogens is 1. The van der Waals surface area contributed by atoms with Gasteiger partial charge in [-0.1, -0.05) is 30.0 Å². The number of hydrogen-bond acceptors (Lipinski definition) is 5. The molecule has 3 rings (SSSR count). The Bertz CT molecular complexity index is 913. The van der Waals surface area contributed by atoms with Gasteiger partial charge in [-0.15, -0.1) is 0 Å². The number of fused-ring (bicyclic) bond motifs is 3. The lowest BCUT2D eigenvalue weighted by Gasteiger charge is -2.09. The third kappa shape index (κ3) is 2.37. The molecule has 2 heterocycles. The van der Waals surface area contributed by atoms with Crippen LogP contribution in [-0.2, 0) is 16.1 Å². The molecular formula is C15H15N3O3S. The van der Waals surface area contributed by atoms with E-state index >= 15 is 0 Å². The molecule has 6 nitrogen and oxygen atoms in total. The highest BCUT2D eigenvalue weighted by Gasteiger charge is 2.17. The molecule has 0 atom stereocenters. The monoisotopic (exact) mass is 317 g/mol. The van der Waals surface area contributed by atoms with E-state index < -0.39 is 5.97 Å². The van der Waals surface area contributed by atoms with Crippen molar-refractivity contribution in [3.8, 4) is 0 Å². The number of thioether (sulfide) groups is 1. The fraction of sp³-hybridized carbons (Fsp3) is 0.267. The number of nitrogens with one attached hydrogen (secondary N) is 1. The van der Waals surface area contributed by atoms with Crippen LogP contribution in [0.15, 0.2) is 34.2 Å². The summed E-state index contributed by atoms with van der Waals surface area (Å²) in [5, 5.41) is 1.39. The Kier molecular flexibility index (Phi) is 3.89. The first-order valence-electron chi connectivity index (χ1n) is 6.86. The average molecular weight is 317 g/mol. The summed E-state index contributed by atoms with van der Waals surface area (Å²) in [7, 11) is 0. The summed E-state index contributed by atoms with van der Waals surface area (Å²) in [4.78, 5) is 32.0. The normalized spacial score (nSPS) is 11.2. The Hall–Kier alpha value is -2.28. The molecule has 22 heavy (non-hydrogen) atoms. The van der Waals surface area contributed by atoms with Crippen LogP contribution in [0.5, 0.6) is 0 Å². The fourth-order valence-electron chi connectivity index (χ4n) is 2.41. The molecule has 2 aromatic heterocycles. The third-order valence-electron chi connectivity index (χ3n) is 3.35. The zero-order valence-corrected chi connectivity index (χ0v) is 13.1. The number of aromatic amines is 1. The minimum Gasteiger partial charge on any atom is -0.465 e. The molecule has 0 saturated carbocycles. The number of carbonyl (C=O) groups excluding carboxylic acids is 1. The van der Waals surface area contributed by atoms with Crippen molar-refractivity contribution in [3.05, 3.63) is 34.6 Å². The third-order valence-corrected chi connectivity index (χ3v) is 4.03. The van der Waals surface area contributed by atoms with Crippen molar-refractivity contribution in [1.82, 2.24) is 14.5 Å². The number of aromatic nitrogens is 3. The molecule has 114 valence electrons. The number of para-hydroxylation sites is 1. The van der Waals surface area contributed by atoms with Gasteiger partial charge in [0.25, 0.3) is 5.56 Å². The van der Waals surface area contributed by atoms with Crippen molar-refractivity contribution in [3.63, 3.8) is 0 Å². The van der Waals surface area contributed by atoms with Crippen LogP contribution in [0.25, 0.3) is 21.9 Å². The highest BCUT2D eigenvalue weighted by Crippen LogP contribution is 2.23. The fourth-order valence-corrected chi connectivity index (χ4v) is 2.96. The summed E-state index contributed by atoms with van der Waals surface area (Å²) < 4.78 is 6.27. The van der Waals surface area contributed by atoms with Gasteiger partial charge in [0.2, 0.25) is 0 Å². The Balaban J connectivity index is 2.24. The van der Waals surface area contributed by atoms with Gasteiger partial charge in [-0.3, -0.25) is 14.2 Å². The van der Waals surface area contributed by atoms with Crippen LogP contribution in [0.3, 0.4) is 0 Å². The molecule has 1 N–H and O–H groups in total. The molecule has 0 bridgehead atoms. The minimum atomic E-state index is -0.447. The number of esters is 1. The largest absolute Gasteiger partial charge is 0.465 e. The zero-order valence-electron chi connectivity index (χ0n) is 12.3. The number of rotatable bonds is 4. The molecule has 0 unspecified atom stereocenters. The lowest BCUT2D eigenvalue weighted by atomic mass is 10.2. The summed E-state index contributed by atoms with van der Waals surface area (Å²) in [5.41, 5.74) is 1.62. The van der Waals surface area contributed by atoms with Crippen LogP contribution >= 0.6 is 11.8 Å². The molecule has 0 saturated heterocycles. The van der Waals surface area contributed by atoms with Gasteiger partial charge < -0.3 is 9.72 Å². The van der Waals surface area contributed by atoms with Crippen molar-refractivity contribution < 1.29 is 9.53 Å². The highest BCUT2D eigenvalue weighted by atomic mass is 32.2. The van der Waals surface area contributed by atoms with Crippen molar-refractivity contribution in [2.45, 2.75) is 18.6 Å². The van der Waals surface area contributed by atoms with Gasteiger partial charge in [-0.2, -0.15) is 0 Å². The molecule has 0 amide bonds. The van der Waals surface area contributed by atoms with E-state index in [9.17, 15) is 9.59 Å². The molecule has 0 radical (unpaired) electrons. The molecule has 1 aromatic carbocycles. The van der Waals surface area contributed by atoms with Gasteiger partial charge in [0.15, 0.2) is 5.16 Å². The van der Waals surface area contributed by atoms with E-state index in [4.69, 9.17) is 4.74 Å². The van der Waals surface area contributed by atoms with Crippen molar-refractivity contribution in [2.75, 3.05) is 12.9 Å². The van der Waals surface area contributed by atoms with Gasteiger partial charge in [-0.05, 0) is 19.2 Å².